The summed E-state index contributed by atoms with van der Waals surface area (Å²) in [6.07, 6.45) is 3.44. The number of β-lactam (4-membered cyclic amide) rings is 1. The van der Waals surface area contributed by atoms with Gasteiger partial charge in [0.25, 0.3) is 0 Å². The van der Waals surface area contributed by atoms with Crippen molar-refractivity contribution in [2.24, 2.45) is 5.92 Å². The highest BCUT2D eigenvalue weighted by Crippen LogP contribution is 2.51. The summed E-state index contributed by atoms with van der Waals surface area (Å²) in [4.78, 5) is 29.1. The topological polar surface area (TPSA) is 109 Å². The number of aromatic nitrogens is 3. The quantitative estimate of drug-likeness (QED) is 0.740. The lowest BCUT2D eigenvalue weighted by molar-refractivity contribution is -0.153. The predicted molar refractivity (Wildman–Crippen MR) is 72.8 cm³/mol. The molecule has 21 heavy (non-hydrogen) atoms. The zero-order chi connectivity index (χ0) is 15.1. The van der Waals surface area contributed by atoms with Crippen LogP contribution in [0.3, 0.4) is 0 Å². The molecule has 1 aromatic rings. The van der Waals surface area contributed by atoms with E-state index in [4.69, 9.17) is 0 Å². The van der Waals surface area contributed by atoms with Crippen LogP contribution in [0.2, 0.25) is 0 Å². The molecule has 3 rings (SSSR count). The summed E-state index contributed by atoms with van der Waals surface area (Å²) in [6, 6.07) is -0.0641. The molecule has 0 bridgehead atoms. The molecular weight excluding hydrogens is 296 g/mol. The van der Waals surface area contributed by atoms with Gasteiger partial charge in [-0.15, -0.1) is 11.8 Å². The van der Waals surface area contributed by atoms with E-state index in [0.717, 1.165) is 0 Å². The summed E-state index contributed by atoms with van der Waals surface area (Å²) in [5.74, 6) is -1.95. The largest absolute Gasteiger partial charge is 0.477 e. The molecule has 0 saturated carbocycles. The SMILES string of the molecule is C[C@H](CC1=C(C(=O)O)N2C(=O)[C@H](CO)[C@H]2S1)n1cncn1. The van der Waals surface area contributed by atoms with E-state index in [9.17, 15) is 19.8 Å². The molecule has 1 aromatic heterocycles. The zero-order valence-electron chi connectivity index (χ0n) is 11.2. The summed E-state index contributed by atoms with van der Waals surface area (Å²) in [7, 11) is 0. The van der Waals surface area contributed by atoms with Gasteiger partial charge in [0.2, 0.25) is 5.91 Å². The molecule has 1 amide bonds. The van der Waals surface area contributed by atoms with E-state index < -0.39 is 11.9 Å². The number of carboxylic acids is 1. The highest BCUT2D eigenvalue weighted by Gasteiger charge is 2.55. The van der Waals surface area contributed by atoms with Gasteiger partial charge in [0.1, 0.15) is 23.7 Å². The Kier molecular flexibility index (Phi) is 3.46. The molecule has 1 saturated heterocycles. The first kappa shape index (κ1) is 14.1. The van der Waals surface area contributed by atoms with Crippen LogP contribution in [0.1, 0.15) is 19.4 Å². The fourth-order valence-electron chi connectivity index (χ4n) is 2.57. The molecule has 8 nitrogen and oxygen atoms in total. The van der Waals surface area contributed by atoms with Crippen LogP contribution in [-0.2, 0) is 9.59 Å². The fourth-order valence-corrected chi connectivity index (χ4v) is 4.18. The number of aliphatic hydroxyl groups excluding tert-OH is 1. The highest BCUT2D eigenvalue weighted by molar-refractivity contribution is 8.04. The number of amides is 1. The Morgan fingerprint density at radius 3 is 2.90 bits per heavy atom. The number of allylic oxidation sites excluding steroid dienone is 1. The first-order valence-corrected chi connectivity index (χ1v) is 7.33. The van der Waals surface area contributed by atoms with E-state index in [1.807, 2.05) is 6.92 Å². The van der Waals surface area contributed by atoms with Gasteiger partial charge in [-0.1, -0.05) is 0 Å². The number of hydrogen-bond donors (Lipinski definition) is 2. The number of hydrogen-bond acceptors (Lipinski definition) is 6. The maximum atomic E-state index is 11.9. The summed E-state index contributed by atoms with van der Waals surface area (Å²) in [5.41, 5.74) is 0.0339. The number of thioether (sulfide) groups is 1. The number of aliphatic carboxylic acids is 1. The molecule has 0 spiro atoms. The smallest absolute Gasteiger partial charge is 0.353 e. The van der Waals surface area contributed by atoms with Crippen molar-refractivity contribution in [2.75, 3.05) is 6.61 Å². The number of rotatable bonds is 5. The van der Waals surface area contributed by atoms with Crippen LogP contribution in [-0.4, -0.2) is 53.7 Å². The zero-order valence-corrected chi connectivity index (χ0v) is 12.0. The van der Waals surface area contributed by atoms with E-state index >= 15 is 0 Å². The molecule has 0 aromatic carbocycles. The number of carbonyl (C=O) groups is 2. The van der Waals surface area contributed by atoms with Crippen molar-refractivity contribution < 1.29 is 19.8 Å². The molecular formula is C12H14N4O4S. The van der Waals surface area contributed by atoms with Crippen LogP contribution >= 0.6 is 11.8 Å². The van der Waals surface area contributed by atoms with Crippen LogP contribution in [0.5, 0.6) is 0 Å². The monoisotopic (exact) mass is 310 g/mol. The van der Waals surface area contributed by atoms with Gasteiger partial charge in [-0.25, -0.2) is 14.5 Å². The third kappa shape index (κ3) is 2.12. The summed E-state index contributed by atoms with van der Waals surface area (Å²) in [5, 5.41) is 22.3. The predicted octanol–water partition coefficient (Wildman–Crippen LogP) is 0.0490. The molecule has 0 unspecified atom stereocenters. The summed E-state index contributed by atoms with van der Waals surface area (Å²) in [6.45, 7) is 1.65. The van der Waals surface area contributed by atoms with Gasteiger partial charge >= 0.3 is 5.97 Å². The Morgan fingerprint density at radius 2 is 2.33 bits per heavy atom. The average Bonchev–Trinajstić information content (AvgIpc) is 3.05. The van der Waals surface area contributed by atoms with E-state index in [0.29, 0.717) is 11.3 Å². The lowest BCUT2D eigenvalue weighted by atomic mass is 9.98. The molecule has 3 atom stereocenters. The van der Waals surface area contributed by atoms with Crippen LogP contribution in [0, 0.1) is 5.92 Å². The van der Waals surface area contributed by atoms with Crippen LogP contribution in [0.15, 0.2) is 23.3 Å². The van der Waals surface area contributed by atoms with Crippen LogP contribution < -0.4 is 0 Å². The first-order valence-electron chi connectivity index (χ1n) is 6.45. The Balaban J connectivity index is 1.84. The standard InChI is InChI=1S/C12H14N4O4S/c1-6(15-5-13-4-14-15)2-8-9(12(19)20)16-10(18)7(3-17)11(16)21-8/h4-7,11,17H,2-3H2,1H3,(H,19,20)/t6-,7+,11-/m1/s1. The van der Waals surface area contributed by atoms with E-state index in [-0.39, 0.29) is 29.6 Å². The fraction of sp³-hybridized carbons (Fsp3) is 0.500. The Labute approximate surface area is 124 Å². The van der Waals surface area contributed by atoms with Crippen molar-refractivity contribution in [1.82, 2.24) is 19.7 Å². The molecule has 2 aliphatic heterocycles. The normalized spacial score (nSPS) is 25.8. The Morgan fingerprint density at radius 1 is 1.57 bits per heavy atom. The number of carbonyl (C=O) groups excluding carboxylic acids is 1. The first-order chi connectivity index (χ1) is 10.0. The van der Waals surface area contributed by atoms with Crippen molar-refractivity contribution in [3.8, 4) is 0 Å². The third-order valence-corrected chi connectivity index (χ3v) is 5.12. The lowest BCUT2D eigenvalue weighted by Gasteiger charge is -2.41. The molecule has 1 fully saturated rings. The van der Waals surface area contributed by atoms with Crippen LogP contribution in [0.4, 0.5) is 0 Å². The van der Waals surface area contributed by atoms with Crippen molar-refractivity contribution in [3.63, 3.8) is 0 Å². The lowest BCUT2D eigenvalue weighted by Crippen LogP contribution is -2.58. The summed E-state index contributed by atoms with van der Waals surface area (Å²) >= 11 is 1.34. The minimum Gasteiger partial charge on any atom is -0.477 e. The maximum Gasteiger partial charge on any atom is 0.353 e. The molecule has 0 aliphatic carbocycles. The van der Waals surface area contributed by atoms with Gasteiger partial charge in [-0.3, -0.25) is 9.69 Å². The second kappa shape index (κ2) is 5.15. The van der Waals surface area contributed by atoms with E-state index in [2.05, 4.69) is 10.1 Å². The molecule has 112 valence electrons. The van der Waals surface area contributed by atoms with Crippen molar-refractivity contribution in [2.45, 2.75) is 24.8 Å². The second-order valence-corrected chi connectivity index (χ2v) is 6.22. The number of fused-ring (bicyclic) bond motifs is 1. The van der Waals surface area contributed by atoms with Gasteiger partial charge in [0, 0.05) is 11.3 Å². The number of nitrogens with zero attached hydrogens (tertiary/aromatic N) is 4. The second-order valence-electron chi connectivity index (χ2n) is 5.01. The minimum absolute atomic E-state index is 0.0339. The van der Waals surface area contributed by atoms with Gasteiger partial charge in [0.15, 0.2) is 0 Å². The van der Waals surface area contributed by atoms with Gasteiger partial charge in [-0.2, -0.15) is 5.10 Å². The molecule has 9 heteroatoms. The molecule has 2 aliphatic rings. The minimum atomic E-state index is -1.12. The van der Waals surface area contributed by atoms with Crippen molar-refractivity contribution >= 4 is 23.6 Å². The van der Waals surface area contributed by atoms with Gasteiger partial charge < -0.3 is 10.2 Å². The summed E-state index contributed by atoms with van der Waals surface area (Å²) < 4.78 is 1.65. The van der Waals surface area contributed by atoms with Gasteiger partial charge in [-0.05, 0) is 6.92 Å². The Bertz CT molecular complexity index is 615. The third-order valence-electron chi connectivity index (χ3n) is 3.69. The molecule has 0 radical (unpaired) electrons. The van der Waals surface area contributed by atoms with Crippen molar-refractivity contribution in [1.29, 1.82) is 0 Å². The Hall–Kier alpha value is -1.87. The number of carboxylic acid groups (broad SMARTS) is 1. The van der Waals surface area contributed by atoms with Crippen LogP contribution in [0.25, 0.3) is 0 Å². The number of aliphatic hydroxyl groups is 1. The van der Waals surface area contributed by atoms with E-state index in [1.165, 1.54) is 23.0 Å². The van der Waals surface area contributed by atoms with E-state index in [1.54, 1.807) is 11.0 Å². The highest BCUT2D eigenvalue weighted by atomic mass is 32.2. The molecule has 3 heterocycles. The maximum absolute atomic E-state index is 11.9. The van der Waals surface area contributed by atoms with Crippen molar-refractivity contribution in [3.05, 3.63) is 23.3 Å². The average molecular weight is 310 g/mol. The van der Waals surface area contributed by atoms with Gasteiger partial charge in [0.05, 0.1) is 18.6 Å². The molecule has 2 N–H and O–H groups in total.